The molecule has 6 heteroatoms. The van der Waals surface area contributed by atoms with Crippen LogP contribution in [0.3, 0.4) is 0 Å². The van der Waals surface area contributed by atoms with Gasteiger partial charge in [0, 0.05) is 11.5 Å². The van der Waals surface area contributed by atoms with Crippen molar-refractivity contribution >= 4 is 29.3 Å². The quantitative estimate of drug-likeness (QED) is 0.806. The Morgan fingerprint density at radius 3 is 2.74 bits per heavy atom. The zero-order valence-corrected chi connectivity index (χ0v) is 11.7. The molecule has 0 spiro atoms. The van der Waals surface area contributed by atoms with Gasteiger partial charge >= 0.3 is 5.97 Å². The molecule has 1 unspecified atom stereocenters. The first-order valence-corrected chi connectivity index (χ1v) is 6.95. The lowest BCUT2D eigenvalue weighted by Gasteiger charge is -2.25. The molecule has 1 atom stereocenters. The van der Waals surface area contributed by atoms with E-state index in [4.69, 9.17) is 0 Å². The molecule has 1 aliphatic carbocycles. The topological polar surface area (TPSA) is 79.3 Å². The summed E-state index contributed by atoms with van der Waals surface area (Å²) in [5.74, 6) is -1.35. The maximum Gasteiger partial charge on any atom is 0.329 e. The largest absolute Gasteiger partial charge is 0.480 e. The highest BCUT2D eigenvalue weighted by Crippen LogP contribution is 2.39. The highest BCUT2D eigenvalue weighted by atomic mass is 32.1. The average molecular weight is 280 g/mol. The van der Waals surface area contributed by atoms with Crippen LogP contribution in [0.25, 0.3) is 6.08 Å². The molecular weight excluding hydrogens is 264 g/mol. The van der Waals surface area contributed by atoms with Gasteiger partial charge in [0.1, 0.15) is 5.54 Å². The van der Waals surface area contributed by atoms with Crippen molar-refractivity contribution < 1.29 is 14.7 Å². The molecule has 0 aromatic carbocycles. The average Bonchev–Trinajstić information content (AvgIpc) is 3.11. The van der Waals surface area contributed by atoms with Gasteiger partial charge in [-0.2, -0.15) is 0 Å². The zero-order valence-electron chi connectivity index (χ0n) is 10.8. The number of aliphatic carboxylic acids is 1. The van der Waals surface area contributed by atoms with Gasteiger partial charge < -0.3 is 10.4 Å². The Morgan fingerprint density at radius 2 is 2.26 bits per heavy atom. The Bertz CT molecular complexity index is 534. The molecule has 2 N–H and O–H groups in total. The number of rotatable bonds is 5. The van der Waals surface area contributed by atoms with Gasteiger partial charge in [-0.15, -0.1) is 11.3 Å². The normalized spacial score (nSPS) is 18.2. The van der Waals surface area contributed by atoms with Gasteiger partial charge in [-0.3, -0.25) is 4.79 Å². The molecule has 0 saturated heterocycles. The summed E-state index contributed by atoms with van der Waals surface area (Å²) in [4.78, 5) is 27.3. The molecule has 0 bridgehead atoms. The van der Waals surface area contributed by atoms with Crippen molar-refractivity contribution in [3.63, 3.8) is 0 Å². The first-order valence-electron chi connectivity index (χ1n) is 6.07. The monoisotopic (exact) mass is 280 g/mol. The van der Waals surface area contributed by atoms with Crippen molar-refractivity contribution in [2.75, 3.05) is 0 Å². The second-order valence-electron chi connectivity index (χ2n) is 4.90. The lowest BCUT2D eigenvalue weighted by molar-refractivity contribution is -0.147. The van der Waals surface area contributed by atoms with Gasteiger partial charge in [0.05, 0.1) is 10.7 Å². The first-order chi connectivity index (χ1) is 8.91. The number of nitrogens with one attached hydrogen (secondary N) is 1. The summed E-state index contributed by atoms with van der Waals surface area (Å²) in [6, 6.07) is 0. The fraction of sp³-hybridized carbons (Fsp3) is 0.462. The molecule has 0 aliphatic heterocycles. The van der Waals surface area contributed by atoms with Crippen molar-refractivity contribution in [1.82, 2.24) is 10.3 Å². The minimum atomic E-state index is -1.17. The summed E-state index contributed by atoms with van der Waals surface area (Å²) in [6.45, 7) is 3.45. The SMILES string of the molecule is Cc1nc(/C=C/C(=O)NC(C)(C(=O)O)C2CC2)cs1. The van der Waals surface area contributed by atoms with Crippen molar-refractivity contribution in [1.29, 1.82) is 0 Å². The number of nitrogens with zero attached hydrogens (tertiary/aromatic N) is 1. The van der Waals surface area contributed by atoms with E-state index in [1.807, 2.05) is 12.3 Å². The predicted octanol–water partition coefficient (Wildman–Crippen LogP) is 1.83. The van der Waals surface area contributed by atoms with Gasteiger partial charge in [-0.25, -0.2) is 9.78 Å². The van der Waals surface area contributed by atoms with Crippen LogP contribution in [0.5, 0.6) is 0 Å². The highest BCUT2D eigenvalue weighted by Gasteiger charge is 2.48. The van der Waals surface area contributed by atoms with Crippen LogP contribution in [0.2, 0.25) is 0 Å². The number of hydrogen-bond acceptors (Lipinski definition) is 4. The van der Waals surface area contributed by atoms with E-state index in [1.165, 1.54) is 17.4 Å². The predicted molar refractivity (Wildman–Crippen MR) is 72.8 cm³/mol. The van der Waals surface area contributed by atoms with E-state index in [1.54, 1.807) is 13.0 Å². The van der Waals surface area contributed by atoms with Gasteiger partial charge in [0.15, 0.2) is 0 Å². The van der Waals surface area contributed by atoms with Crippen LogP contribution in [-0.2, 0) is 9.59 Å². The molecule has 1 saturated carbocycles. The van der Waals surface area contributed by atoms with E-state index in [9.17, 15) is 14.7 Å². The molecular formula is C13H16N2O3S. The van der Waals surface area contributed by atoms with Crippen molar-refractivity contribution in [2.45, 2.75) is 32.2 Å². The Kier molecular flexibility index (Phi) is 3.71. The van der Waals surface area contributed by atoms with Crippen LogP contribution < -0.4 is 5.32 Å². The van der Waals surface area contributed by atoms with Gasteiger partial charge in [0.25, 0.3) is 0 Å². The van der Waals surface area contributed by atoms with Crippen molar-refractivity contribution in [3.05, 3.63) is 22.2 Å². The van der Waals surface area contributed by atoms with E-state index >= 15 is 0 Å². The second kappa shape index (κ2) is 5.13. The van der Waals surface area contributed by atoms with E-state index in [0.717, 1.165) is 17.8 Å². The van der Waals surface area contributed by atoms with Gasteiger partial charge in [0.2, 0.25) is 5.91 Å². The summed E-state index contributed by atoms with van der Waals surface area (Å²) in [5.41, 5.74) is -0.458. The third-order valence-electron chi connectivity index (χ3n) is 3.26. The van der Waals surface area contributed by atoms with Gasteiger partial charge in [-0.1, -0.05) is 0 Å². The molecule has 1 aromatic rings. The third kappa shape index (κ3) is 3.20. The molecule has 1 aliphatic rings. The van der Waals surface area contributed by atoms with Crippen LogP contribution in [0.15, 0.2) is 11.5 Å². The van der Waals surface area contributed by atoms with Crippen LogP contribution in [-0.4, -0.2) is 27.5 Å². The standard InChI is InChI=1S/C13H16N2O3S/c1-8-14-10(7-19-8)5-6-11(16)15-13(2,12(17)18)9-3-4-9/h5-7,9H,3-4H2,1-2H3,(H,15,16)(H,17,18)/b6-5+. The maximum atomic E-state index is 11.8. The number of amides is 1. The second-order valence-corrected chi connectivity index (χ2v) is 5.96. The molecule has 1 fully saturated rings. The minimum Gasteiger partial charge on any atom is -0.480 e. The van der Waals surface area contributed by atoms with Gasteiger partial charge in [-0.05, 0) is 38.7 Å². The number of carboxylic acid groups (broad SMARTS) is 1. The highest BCUT2D eigenvalue weighted by molar-refractivity contribution is 7.09. The van der Waals surface area contributed by atoms with E-state index in [-0.39, 0.29) is 5.92 Å². The number of carbonyl (C=O) groups is 2. The maximum absolute atomic E-state index is 11.8. The van der Waals surface area contributed by atoms with E-state index in [0.29, 0.717) is 5.69 Å². The fourth-order valence-electron chi connectivity index (χ4n) is 1.91. The summed E-state index contributed by atoms with van der Waals surface area (Å²) >= 11 is 1.50. The molecule has 5 nitrogen and oxygen atoms in total. The summed E-state index contributed by atoms with van der Waals surface area (Å²) in [6.07, 6.45) is 4.61. The van der Waals surface area contributed by atoms with Crippen molar-refractivity contribution in [2.24, 2.45) is 5.92 Å². The Balaban J connectivity index is 2.00. The number of hydrogen-bond donors (Lipinski definition) is 2. The molecule has 102 valence electrons. The first kappa shape index (κ1) is 13.7. The van der Waals surface area contributed by atoms with Crippen LogP contribution in [0.1, 0.15) is 30.5 Å². The summed E-state index contributed by atoms with van der Waals surface area (Å²) < 4.78 is 0. The Morgan fingerprint density at radius 1 is 1.58 bits per heavy atom. The molecule has 1 heterocycles. The number of aromatic nitrogens is 1. The zero-order chi connectivity index (χ0) is 14.0. The minimum absolute atomic E-state index is 0.0314. The number of thiazole rings is 1. The molecule has 1 aromatic heterocycles. The van der Waals surface area contributed by atoms with Crippen molar-refractivity contribution in [3.8, 4) is 0 Å². The fourth-order valence-corrected chi connectivity index (χ4v) is 2.49. The lowest BCUT2D eigenvalue weighted by Crippen LogP contribution is -2.53. The Hall–Kier alpha value is -1.69. The Labute approximate surface area is 115 Å². The smallest absolute Gasteiger partial charge is 0.329 e. The number of aryl methyl sites for hydroxylation is 1. The molecule has 19 heavy (non-hydrogen) atoms. The van der Waals surface area contributed by atoms with E-state index in [2.05, 4.69) is 10.3 Å². The third-order valence-corrected chi connectivity index (χ3v) is 4.05. The molecule has 2 rings (SSSR count). The van der Waals surface area contributed by atoms with Crippen LogP contribution in [0.4, 0.5) is 0 Å². The number of carboxylic acids is 1. The van der Waals surface area contributed by atoms with Crippen LogP contribution in [0, 0.1) is 12.8 Å². The van der Waals surface area contributed by atoms with Crippen LogP contribution >= 0.6 is 11.3 Å². The summed E-state index contributed by atoms with van der Waals surface area (Å²) in [7, 11) is 0. The molecule has 1 amide bonds. The molecule has 0 radical (unpaired) electrons. The number of carbonyl (C=O) groups excluding carboxylic acids is 1. The van der Waals surface area contributed by atoms with E-state index < -0.39 is 17.4 Å². The lowest BCUT2D eigenvalue weighted by atomic mass is 9.96. The summed E-state index contributed by atoms with van der Waals surface area (Å²) in [5, 5.41) is 14.6.